The fourth-order valence-corrected chi connectivity index (χ4v) is 2.89. The highest BCUT2D eigenvalue weighted by molar-refractivity contribution is 7.89. The van der Waals surface area contributed by atoms with Gasteiger partial charge in [-0.25, -0.2) is 12.7 Å². The standard InChI is InChI=1S/C13H18N2O3S/c1-11(2)10-15(3)19(17,18)13-7-12(5-4-6-16)8-14-9-13/h7-9,11,16H,6,10H2,1-3H3. The maximum atomic E-state index is 12.3. The van der Waals surface area contributed by atoms with E-state index < -0.39 is 10.0 Å². The molecule has 0 atom stereocenters. The molecular weight excluding hydrogens is 264 g/mol. The van der Waals surface area contributed by atoms with Crippen molar-refractivity contribution in [3.05, 3.63) is 24.0 Å². The molecule has 1 rings (SSSR count). The molecule has 0 bridgehead atoms. The Morgan fingerprint density at radius 1 is 1.42 bits per heavy atom. The summed E-state index contributed by atoms with van der Waals surface area (Å²) >= 11 is 0. The fraction of sp³-hybridized carbons (Fsp3) is 0.462. The van der Waals surface area contributed by atoms with Gasteiger partial charge in [0, 0.05) is 31.5 Å². The van der Waals surface area contributed by atoms with Crippen LogP contribution in [0.4, 0.5) is 0 Å². The van der Waals surface area contributed by atoms with E-state index in [4.69, 9.17) is 5.11 Å². The van der Waals surface area contributed by atoms with E-state index in [1.165, 1.54) is 22.8 Å². The van der Waals surface area contributed by atoms with Crippen LogP contribution in [0.25, 0.3) is 0 Å². The van der Waals surface area contributed by atoms with E-state index in [0.29, 0.717) is 12.1 Å². The number of hydrogen-bond acceptors (Lipinski definition) is 4. The van der Waals surface area contributed by atoms with Crippen molar-refractivity contribution in [1.29, 1.82) is 0 Å². The molecule has 0 saturated carbocycles. The predicted octanol–water partition coefficient (Wildman–Crippen LogP) is 0.702. The Kier molecular flexibility index (Phi) is 5.48. The molecule has 0 aromatic carbocycles. The van der Waals surface area contributed by atoms with Gasteiger partial charge in [0.1, 0.15) is 11.5 Å². The van der Waals surface area contributed by atoms with E-state index in [2.05, 4.69) is 16.8 Å². The van der Waals surface area contributed by atoms with Crippen molar-refractivity contribution >= 4 is 10.0 Å². The molecule has 1 aromatic heterocycles. The molecule has 1 N–H and O–H groups in total. The van der Waals surface area contributed by atoms with Gasteiger partial charge >= 0.3 is 0 Å². The molecule has 0 aliphatic heterocycles. The summed E-state index contributed by atoms with van der Waals surface area (Å²) in [5.74, 6) is 5.34. The second-order valence-electron chi connectivity index (χ2n) is 4.55. The van der Waals surface area contributed by atoms with Gasteiger partial charge < -0.3 is 5.11 Å². The van der Waals surface area contributed by atoms with Crippen LogP contribution in [-0.2, 0) is 10.0 Å². The first-order valence-corrected chi connectivity index (χ1v) is 7.33. The summed E-state index contributed by atoms with van der Waals surface area (Å²) < 4.78 is 25.9. The molecule has 0 spiro atoms. The second-order valence-corrected chi connectivity index (χ2v) is 6.59. The normalized spacial score (nSPS) is 11.5. The molecule has 0 amide bonds. The molecular formula is C13H18N2O3S. The minimum absolute atomic E-state index is 0.111. The lowest BCUT2D eigenvalue weighted by molar-refractivity contribution is 0.350. The van der Waals surface area contributed by atoms with Gasteiger partial charge in [-0.05, 0) is 12.0 Å². The average molecular weight is 282 g/mol. The zero-order valence-electron chi connectivity index (χ0n) is 11.3. The number of pyridine rings is 1. The molecule has 104 valence electrons. The third-order valence-corrected chi connectivity index (χ3v) is 4.14. The van der Waals surface area contributed by atoms with Crippen LogP contribution in [0.2, 0.25) is 0 Å². The molecule has 0 aliphatic rings. The zero-order chi connectivity index (χ0) is 14.5. The van der Waals surface area contributed by atoms with E-state index in [1.54, 1.807) is 7.05 Å². The quantitative estimate of drug-likeness (QED) is 0.825. The Morgan fingerprint density at radius 3 is 2.68 bits per heavy atom. The molecule has 1 heterocycles. The van der Waals surface area contributed by atoms with Crippen molar-refractivity contribution in [3.63, 3.8) is 0 Å². The lowest BCUT2D eigenvalue weighted by Gasteiger charge is -2.18. The minimum Gasteiger partial charge on any atom is -0.384 e. The van der Waals surface area contributed by atoms with Gasteiger partial charge in [-0.1, -0.05) is 25.7 Å². The summed E-state index contributed by atoms with van der Waals surface area (Å²) in [5, 5.41) is 8.62. The van der Waals surface area contributed by atoms with E-state index in [0.717, 1.165) is 0 Å². The predicted molar refractivity (Wildman–Crippen MR) is 72.9 cm³/mol. The topological polar surface area (TPSA) is 70.5 Å². The minimum atomic E-state index is -3.54. The average Bonchev–Trinajstić information content (AvgIpc) is 2.35. The van der Waals surface area contributed by atoms with Gasteiger partial charge in [-0.3, -0.25) is 4.98 Å². The Labute approximate surface area is 114 Å². The van der Waals surface area contributed by atoms with Crippen molar-refractivity contribution in [1.82, 2.24) is 9.29 Å². The van der Waals surface area contributed by atoms with Crippen LogP contribution in [0.15, 0.2) is 23.4 Å². The molecule has 5 nitrogen and oxygen atoms in total. The van der Waals surface area contributed by atoms with Crippen molar-refractivity contribution in [2.24, 2.45) is 5.92 Å². The van der Waals surface area contributed by atoms with Crippen LogP contribution >= 0.6 is 0 Å². The number of aliphatic hydroxyl groups is 1. The molecule has 1 aromatic rings. The van der Waals surface area contributed by atoms with Gasteiger partial charge in [0.15, 0.2) is 0 Å². The first-order chi connectivity index (χ1) is 8.87. The Morgan fingerprint density at radius 2 is 2.11 bits per heavy atom. The van der Waals surface area contributed by atoms with Crippen LogP contribution in [0.5, 0.6) is 0 Å². The Bertz CT molecular complexity index is 585. The SMILES string of the molecule is CC(C)CN(C)S(=O)(=O)c1cncc(C#CCO)c1. The van der Waals surface area contributed by atoms with Crippen LogP contribution in [0, 0.1) is 17.8 Å². The van der Waals surface area contributed by atoms with Crippen molar-refractivity contribution in [2.75, 3.05) is 20.2 Å². The first-order valence-electron chi connectivity index (χ1n) is 5.89. The van der Waals surface area contributed by atoms with Crippen molar-refractivity contribution in [3.8, 4) is 11.8 Å². The lowest BCUT2D eigenvalue weighted by atomic mass is 10.2. The number of rotatable bonds is 4. The highest BCUT2D eigenvalue weighted by Gasteiger charge is 2.21. The van der Waals surface area contributed by atoms with Crippen LogP contribution in [0.1, 0.15) is 19.4 Å². The number of aliphatic hydroxyl groups excluding tert-OH is 1. The van der Waals surface area contributed by atoms with Gasteiger partial charge in [0.05, 0.1) is 0 Å². The molecule has 0 unspecified atom stereocenters. The highest BCUT2D eigenvalue weighted by atomic mass is 32.2. The van der Waals surface area contributed by atoms with Crippen LogP contribution in [0.3, 0.4) is 0 Å². The second kappa shape index (κ2) is 6.66. The zero-order valence-corrected chi connectivity index (χ0v) is 12.1. The third-order valence-electron chi connectivity index (χ3n) is 2.36. The van der Waals surface area contributed by atoms with Gasteiger partial charge in [0.25, 0.3) is 0 Å². The summed E-state index contributed by atoms with van der Waals surface area (Å²) in [4.78, 5) is 3.99. The van der Waals surface area contributed by atoms with Gasteiger partial charge in [0.2, 0.25) is 10.0 Å². The maximum absolute atomic E-state index is 12.3. The van der Waals surface area contributed by atoms with Crippen LogP contribution in [-0.4, -0.2) is 43.0 Å². The summed E-state index contributed by atoms with van der Waals surface area (Å²) in [6, 6.07) is 1.46. The summed E-state index contributed by atoms with van der Waals surface area (Å²) in [5.41, 5.74) is 0.466. The summed E-state index contributed by atoms with van der Waals surface area (Å²) in [7, 11) is -2.00. The first kappa shape index (κ1) is 15.6. The molecule has 19 heavy (non-hydrogen) atoms. The summed E-state index contributed by atoms with van der Waals surface area (Å²) in [6.07, 6.45) is 2.76. The largest absolute Gasteiger partial charge is 0.384 e. The van der Waals surface area contributed by atoms with Gasteiger partial charge in [-0.2, -0.15) is 0 Å². The molecule has 0 fully saturated rings. The molecule has 0 saturated heterocycles. The number of sulfonamides is 1. The monoisotopic (exact) mass is 282 g/mol. The molecule has 0 radical (unpaired) electrons. The highest BCUT2D eigenvalue weighted by Crippen LogP contribution is 2.15. The van der Waals surface area contributed by atoms with E-state index >= 15 is 0 Å². The smallest absolute Gasteiger partial charge is 0.244 e. The summed E-state index contributed by atoms with van der Waals surface area (Å²) in [6.45, 7) is 4.07. The van der Waals surface area contributed by atoms with E-state index in [-0.39, 0.29) is 17.4 Å². The van der Waals surface area contributed by atoms with Crippen LogP contribution < -0.4 is 0 Å². The molecule has 6 heteroatoms. The lowest BCUT2D eigenvalue weighted by Crippen LogP contribution is -2.30. The third kappa shape index (κ3) is 4.31. The maximum Gasteiger partial charge on any atom is 0.244 e. The number of aromatic nitrogens is 1. The van der Waals surface area contributed by atoms with E-state index in [9.17, 15) is 8.42 Å². The van der Waals surface area contributed by atoms with Gasteiger partial charge in [-0.15, -0.1) is 0 Å². The molecule has 0 aliphatic carbocycles. The van der Waals surface area contributed by atoms with E-state index in [1.807, 2.05) is 13.8 Å². The Balaban J connectivity index is 3.08. The van der Waals surface area contributed by atoms with Crippen molar-refractivity contribution < 1.29 is 13.5 Å². The van der Waals surface area contributed by atoms with Crippen molar-refractivity contribution in [2.45, 2.75) is 18.7 Å². The Hall–Kier alpha value is -1.42. The number of nitrogens with zero attached hydrogens (tertiary/aromatic N) is 2. The fourth-order valence-electron chi connectivity index (χ4n) is 1.56. The number of hydrogen-bond donors (Lipinski definition) is 1.